The molecule has 2 aromatic rings. The zero-order chi connectivity index (χ0) is 11.7. The maximum Gasteiger partial charge on any atom is 0.350 e. The van der Waals surface area contributed by atoms with E-state index in [2.05, 4.69) is 0 Å². The normalized spacial score (nSPS) is 10.6. The standard InChI is InChI=1S/C11H10ClNO2S/c1-2-15-11(14)10-8(13)6-4-3-5-7(12)9(6)16-10/h3-5H,2,13H2,1H3. The van der Waals surface area contributed by atoms with Gasteiger partial charge in [-0.2, -0.15) is 0 Å². The smallest absolute Gasteiger partial charge is 0.350 e. The molecule has 0 amide bonds. The molecule has 0 aliphatic carbocycles. The molecule has 16 heavy (non-hydrogen) atoms. The molecule has 2 rings (SSSR count). The van der Waals surface area contributed by atoms with Crippen LogP contribution in [-0.4, -0.2) is 12.6 Å². The highest BCUT2D eigenvalue weighted by Gasteiger charge is 2.18. The molecule has 1 aromatic carbocycles. The van der Waals surface area contributed by atoms with E-state index in [0.717, 1.165) is 10.1 Å². The molecule has 0 saturated heterocycles. The van der Waals surface area contributed by atoms with Crippen LogP contribution in [0.1, 0.15) is 16.6 Å². The Hall–Kier alpha value is -1.26. The molecule has 84 valence electrons. The maximum atomic E-state index is 11.6. The number of hydrogen-bond acceptors (Lipinski definition) is 4. The van der Waals surface area contributed by atoms with Crippen LogP contribution in [0.4, 0.5) is 5.69 Å². The van der Waals surface area contributed by atoms with Crippen molar-refractivity contribution in [2.75, 3.05) is 12.3 Å². The first-order valence-electron chi connectivity index (χ1n) is 4.78. The Morgan fingerprint density at radius 3 is 2.94 bits per heavy atom. The number of anilines is 1. The largest absolute Gasteiger partial charge is 0.462 e. The van der Waals surface area contributed by atoms with E-state index in [-0.39, 0.29) is 0 Å². The lowest BCUT2D eigenvalue weighted by atomic mass is 10.2. The summed E-state index contributed by atoms with van der Waals surface area (Å²) >= 11 is 7.29. The molecule has 0 aliphatic rings. The molecule has 1 heterocycles. The van der Waals surface area contributed by atoms with Crippen LogP contribution < -0.4 is 5.73 Å². The first kappa shape index (κ1) is 11.2. The molecular formula is C11H10ClNO2S. The molecule has 0 fully saturated rings. The first-order chi connectivity index (χ1) is 7.65. The van der Waals surface area contributed by atoms with Gasteiger partial charge in [0.05, 0.1) is 22.0 Å². The number of fused-ring (bicyclic) bond motifs is 1. The van der Waals surface area contributed by atoms with Crippen molar-refractivity contribution in [2.45, 2.75) is 6.92 Å². The second-order valence-electron chi connectivity index (χ2n) is 3.18. The highest BCUT2D eigenvalue weighted by Crippen LogP contribution is 2.37. The quantitative estimate of drug-likeness (QED) is 0.838. The summed E-state index contributed by atoms with van der Waals surface area (Å²) in [6.45, 7) is 2.09. The Morgan fingerprint density at radius 2 is 2.31 bits per heavy atom. The first-order valence-corrected chi connectivity index (χ1v) is 5.98. The van der Waals surface area contributed by atoms with Crippen LogP contribution in [0.3, 0.4) is 0 Å². The number of hydrogen-bond donors (Lipinski definition) is 1. The summed E-state index contributed by atoms with van der Waals surface area (Å²) in [5.41, 5.74) is 6.34. The Balaban J connectivity index is 2.60. The van der Waals surface area contributed by atoms with Crippen molar-refractivity contribution in [3.8, 4) is 0 Å². The van der Waals surface area contributed by atoms with E-state index in [4.69, 9.17) is 22.1 Å². The molecule has 5 heteroatoms. The Morgan fingerprint density at radius 1 is 1.56 bits per heavy atom. The number of ether oxygens (including phenoxy) is 1. The predicted molar refractivity (Wildman–Crippen MR) is 67.2 cm³/mol. The van der Waals surface area contributed by atoms with E-state index in [1.165, 1.54) is 11.3 Å². The maximum absolute atomic E-state index is 11.6. The van der Waals surface area contributed by atoms with Gasteiger partial charge in [-0.3, -0.25) is 0 Å². The summed E-state index contributed by atoms with van der Waals surface area (Å²) in [4.78, 5) is 12.0. The molecule has 0 atom stereocenters. The minimum atomic E-state index is -0.391. The Kier molecular flexibility index (Phi) is 3.03. The van der Waals surface area contributed by atoms with Crippen LogP contribution in [0, 0.1) is 0 Å². The van der Waals surface area contributed by atoms with Crippen molar-refractivity contribution >= 4 is 44.7 Å². The van der Waals surface area contributed by atoms with Crippen LogP contribution >= 0.6 is 22.9 Å². The fraction of sp³-hybridized carbons (Fsp3) is 0.182. The number of nitrogen functional groups attached to an aromatic ring is 1. The average Bonchev–Trinajstić information content (AvgIpc) is 2.59. The number of esters is 1. The third kappa shape index (κ3) is 1.74. The van der Waals surface area contributed by atoms with Crippen LogP contribution in [0.5, 0.6) is 0 Å². The van der Waals surface area contributed by atoms with Crippen molar-refractivity contribution in [2.24, 2.45) is 0 Å². The molecular weight excluding hydrogens is 246 g/mol. The van der Waals surface area contributed by atoms with Crippen LogP contribution in [0.2, 0.25) is 5.02 Å². The highest BCUT2D eigenvalue weighted by atomic mass is 35.5. The molecule has 0 aliphatic heterocycles. The van der Waals surface area contributed by atoms with Crippen molar-refractivity contribution in [3.05, 3.63) is 28.1 Å². The average molecular weight is 256 g/mol. The minimum absolute atomic E-state index is 0.334. The summed E-state index contributed by atoms with van der Waals surface area (Å²) in [7, 11) is 0. The number of thiophene rings is 1. The van der Waals surface area contributed by atoms with Crippen molar-refractivity contribution in [1.82, 2.24) is 0 Å². The lowest BCUT2D eigenvalue weighted by Crippen LogP contribution is -2.04. The third-order valence-corrected chi connectivity index (χ3v) is 3.83. The molecule has 2 N–H and O–H groups in total. The van der Waals surface area contributed by atoms with E-state index >= 15 is 0 Å². The summed E-state index contributed by atoms with van der Waals surface area (Å²) in [6, 6.07) is 5.42. The Labute approximate surface area is 102 Å². The molecule has 0 radical (unpaired) electrons. The number of carbonyl (C=O) groups is 1. The number of nitrogens with two attached hydrogens (primary N) is 1. The van der Waals surface area contributed by atoms with E-state index in [1.54, 1.807) is 13.0 Å². The van der Waals surface area contributed by atoms with E-state index in [9.17, 15) is 4.79 Å². The molecule has 0 spiro atoms. The van der Waals surface area contributed by atoms with Gasteiger partial charge in [0.2, 0.25) is 0 Å². The van der Waals surface area contributed by atoms with Gasteiger partial charge in [-0.1, -0.05) is 23.7 Å². The van der Waals surface area contributed by atoms with Gasteiger partial charge in [0.25, 0.3) is 0 Å². The molecule has 0 saturated carbocycles. The third-order valence-electron chi connectivity index (χ3n) is 2.17. The molecule has 1 aromatic heterocycles. The van der Waals surface area contributed by atoms with Crippen molar-refractivity contribution in [3.63, 3.8) is 0 Å². The summed E-state index contributed by atoms with van der Waals surface area (Å²) < 4.78 is 5.75. The number of benzene rings is 1. The van der Waals surface area contributed by atoms with Gasteiger partial charge in [-0.05, 0) is 13.0 Å². The SMILES string of the molecule is CCOC(=O)c1sc2c(Cl)cccc2c1N. The minimum Gasteiger partial charge on any atom is -0.462 e. The Bertz CT molecular complexity index is 550. The second kappa shape index (κ2) is 4.31. The van der Waals surface area contributed by atoms with Gasteiger partial charge < -0.3 is 10.5 Å². The van der Waals surface area contributed by atoms with Gasteiger partial charge in [0, 0.05) is 5.39 Å². The predicted octanol–water partition coefficient (Wildman–Crippen LogP) is 3.31. The van der Waals surface area contributed by atoms with Gasteiger partial charge in [0.15, 0.2) is 0 Å². The highest BCUT2D eigenvalue weighted by molar-refractivity contribution is 7.22. The van der Waals surface area contributed by atoms with Gasteiger partial charge >= 0.3 is 5.97 Å². The van der Waals surface area contributed by atoms with Gasteiger partial charge in [-0.15, -0.1) is 11.3 Å². The van der Waals surface area contributed by atoms with Gasteiger partial charge in [-0.25, -0.2) is 4.79 Å². The summed E-state index contributed by atoms with van der Waals surface area (Å²) in [5.74, 6) is -0.391. The zero-order valence-electron chi connectivity index (χ0n) is 8.62. The summed E-state index contributed by atoms with van der Waals surface area (Å²) in [5, 5.41) is 1.41. The topological polar surface area (TPSA) is 52.3 Å². The van der Waals surface area contributed by atoms with Crippen molar-refractivity contribution in [1.29, 1.82) is 0 Å². The molecule has 3 nitrogen and oxygen atoms in total. The zero-order valence-corrected chi connectivity index (χ0v) is 10.2. The van der Waals surface area contributed by atoms with Gasteiger partial charge in [0.1, 0.15) is 4.88 Å². The van der Waals surface area contributed by atoms with Crippen LogP contribution in [0.25, 0.3) is 10.1 Å². The van der Waals surface area contributed by atoms with E-state index in [1.807, 2.05) is 12.1 Å². The monoisotopic (exact) mass is 255 g/mol. The molecule has 0 unspecified atom stereocenters. The lowest BCUT2D eigenvalue weighted by Gasteiger charge is -1.98. The van der Waals surface area contributed by atoms with Crippen LogP contribution in [-0.2, 0) is 4.74 Å². The number of rotatable bonds is 2. The van der Waals surface area contributed by atoms with Crippen molar-refractivity contribution < 1.29 is 9.53 Å². The molecule has 0 bridgehead atoms. The lowest BCUT2D eigenvalue weighted by molar-refractivity contribution is 0.0533. The fourth-order valence-electron chi connectivity index (χ4n) is 1.45. The van der Waals surface area contributed by atoms with E-state index in [0.29, 0.717) is 22.2 Å². The van der Waals surface area contributed by atoms with Crippen LogP contribution in [0.15, 0.2) is 18.2 Å². The number of halogens is 1. The number of carbonyl (C=O) groups excluding carboxylic acids is 1. The fourth-order valence-corrected chi connectivity index (χ4v) is 2.76. The second-order valence-corrected chi connectivity index (χ2v) is 4.61. The van der Waals surface area contributed by atoms with E-state index < -0.39 is 5.97 Å². The summed E-state index contributed by atoms with van der Waals surface area (Å²) in [6.07, 6.45) is 0.